The molecule has 0 atom stereocenters. The topological polar surface area (TPSA) is 81.7 Å². The SMILES string of the molecule is CC(C)Oc1ccc(F)cc1OCc1cc(F)c(C(=O)NS(C)(=O)=O)cc1F. The first-order chi connectivity index (χ1) is 13.0. The number of benzene rings is 2. The Kier molecular flexibility index (Phi) is 6.55. The molecule has 0 saturated carbocycles. The zero-order valence-electron chi connectivity index (χ0n) is 15.3. The molecule has 0 spiro atoms. The Labute approximate surface area is 160 Å². The molecule has 0 heterocycles. The van der Waals surface area contributed by atoms with Gasteiger partial charge < -0.3 is 9.47 Å². The fraction of sp³-hybridized carbons (Fsp3) is 0.278. The molecule has 0 aromatic heterocycles. The third-order valence-electron chi connectivity index (χ3n) is 3.31. The van der Waals surface area contributed by atoms with Crippen molar-refractivity contribution in [3.63, 3.8) is 0 Å². The van der Waals surface area contributed by atoms with E-state index in [1.165, 1.54) is 12.1 Å². The van der Waals surface area contributed by atoms with Gasteiger partial charge in [-0.3, -0.25) is 4.79 Å². The number of nitrogens with one attached hydrogen (secondary N) is 1. The zero-order chi connectivity index (χ0) is 21.1. The molecule has 10 heteroatoms. The second kappa shape index (κ2) is 8.51. The van der Waals surface area contributed by atoms with Crippen LogP contribution in [0.3, 0.4) is 0 Å². The average Bonchev–Trinajstić information content (AvgIpc) is 2.55. The van der Waals surface area contributed by atoms with Crippen LogP contribution in [0, 0.1) is 17.5 Å². The van der Waals surface area contributed by atoms with Gasteiger partial charge in [0.15, 0.2) is 11.5 Å². The Balaban J connectivity index is 2.23. The molecular weight excluding hydrogens is 399 g/mol. The Morgan fingerprint density at radius 3 is 2.36 bits per heavy atom. The third kappa shape index (κ3) is 5.88. The smallest absolute Gasteiger partial charge is 0.267 e. The van der Waals surface area contributed by atoms with Crippen molar-refractivity contribution in [3.05, 3.63) is 58.9 Å². The van der Waals surface area contributed by atoms with Crippen LogP contribution >= 0.6 is 0 Å². The van der Waals surface area contributed by atoms with Gasteiger partial charge in [0.25, 0.3) is 5.91 Å². The van der Waals surface area contributed by atoms with Gasteiger partial charge in [-0.05, 0) is 38.1 Å². The molecule has 0 aliphatic rings. The van der Waals surface area contributed by atoms with Gasteiger partial charge in [0.1, 0.15) is 24.1 Å². The minimum atomic E-state index is -3.94. The molecule has 1 N–H and O–H groups in total. The van der Waals surface area contributed by atoms with Gasteiger partial charge in [-0.25, -0.2) is 26.3 Å². The highest BCUT2D eigenvalue weighted by molar-refractivity contribution is 7.89. The van der Waals surface area contributed by atoms with Crippen molar-refractivity contribution in [2.24, 2.45) is 0 Å². The van der Waals surface area contributed by atoms with Crippen LogP contribution in [0.1, 0.15) is 29.8 Å². The fourth-order valence-electron chi connectivity index (χ4n) is 2.20. The number of carbonyl (C=O) groups excluding carboxylic acids is 1. The van der Waals surface area contributed by atoms with Crippen molar-refractivity contribution < 1.29 is 35.9 Å². The molecule has 2 aromatic carbocycles. The number of hydrogen-bond acceptors (Lipinski definition) is 5. The number of rotatable bonds is 7. The molecule has 28 heavy (non-hydrogen) atoms. The molecular formula is C18H18F3NO5S. The summed E-state index contributed by atoms with van der Waals surface area (Å²) in [7, 11) is -3.94. The summed E-state index contributed by atoms with van der Waals surface area (Å²) in [6.07, 6.45) is 0.478. The lowest BCUT2D eigenvalue weighted by molar-refractivity contribution is 0.0977. The van der Waals surface area contributed by atoms with Gasteiger partial charge in [0, 0.05) is 11.6 Å². The van der Waals surface area contributed by atoms with Crippen molar-refractivity contribution in [1.82, 2.24) is 4.72 Å². The number of hydrogen-bond donors (Lipinski definition) is 1. The van der Waals surface area contributed by atoms with Gasteiger partial charge >= 0.3 is 0 Å². The van der Waals surface area contributed by atoms with Crippen LogP contribution in [-0.4, -0.2) is 26.7 Å². The molecule has 2 rings (SSSR count). The number of carbonyl (C=O) groups is 1. The van der Waals surface area contributed by atoms with Crippen molar-refractivity contribution in [2.75, 3.05) is 6.26 Å². The summed E-state index contributed by atoms with van der Waals surface area (Å²) in [4.78, 5) is 11.7. The van der Waals surface area contributed by atoms with Crippen LogP contribution in [0.5, 0.6) is 11.5 Å². The Morgan fingerprint density at radius 1 is 1.07 bits per heavy atom. The highest BCUT2D eigenvalue weighted by Gasteiger charge is 2.19. The Bertz CT molecular complexity index is 993. The second-order valence-electron chi connectivity index (χ2n) is 6.17. The van der Waals surface area contributed by atoms with Crippen LogP contribution in [0.4, 0.5) is 13.2 Å². The van der Waals surface area contributed by atoms with E-state index in [0.29, 0.717) is 18.4 Å². The highest BCUT2D eigenvalue weighted by atomic mass is 32.2. The number of halogens is 3. The monoisotopic (exact) mass is 417 g/mol. The summed E-state index contributed by atoms with van der Waals surface area (Å²) in [5.74, 6) is -3.83. The zero-order valence-corrected chi connectivity index (χ0v) is 16.1. The summed E-state index contributed by atoms with van der Waals surface area (Å²) in [5, 5.41) is 0. The first-order valence-electron chi connectivity index (χ1n) is 8.05. The minimum Gasteiger partial charge on any atom is -0.487 e. The predicted molar refractivity (Wildman–Crippen MR) is 95.2 cm³/mol. The van der Waals surface area contributed by atoms with E-state index in [2.05, 4.69) is 0 Å². The summed E-state index contributed by atoms with van der Waals surface area (Å²) in [6.45, 7) is 3.03. The van der Waals surface area contributed by atoms with E-state index in [1.807, 2.05) is 0 Å². The quantitative estimate of drug-likeness (QED) is 0.749. The van der Waals surface area contributed by atoms with Crippen molar-refractivity contribution in [2.45, 2.75) is 26.6 Å². The van der Waals surface area contributed by atoms with Crippen LogP contribution in [0.15, 0.2) is 30.3 Å². The van der Waals surface area contributed by atoms with Crippen molar-refractivity contribution >= 4 is 15.9 Å². The maximum absolute atomic E-state index is 14.2. The number of ether oxygens (including phenoxy) is 2. The van der Waals surface area contributed by atoms with Crippen LogP contribution in [0.2, 0.25) is 0 Å². The molecule has 152 valence electrons. The van der Waals surface area contributed by atoms with E-state index in [0.717, 1.165) is 6.07 Å². The van der Waals surface area contributed by atoms with E-state index < -0.39 is 45.6 Å². The Morgan fingerprint density at radius 2 is 1.75 bits per heavy atom. The van der Waals surface area contributed by atoms with Crippen LogP contribution < -0.4 is 14.2 Å². The lowest BCUT2D eigenvalue weighted by atomic mass is 10.1. The van der Waals surface area contributed by atoms with E-state index in [1.54, 1.807) is 18.6 Å². The average molecular weight is 417 g/mol. The van der Waals surface area contributed by atoms with E-state index in [9.17, 15) is 26.4 Å². The first-order valence-corrected chi connectivity index (χ1v) is 9.94. The molecule has 0 aliphatic carbocycles. The van der Waals surface area contributed by atoms with Gasteiger partial charge in [0.2, 0.25) is 10.0 Å². The van der Waals surface area contributed by atoms with E-state index in [-0.39, 0.29) is 23.2 Å². The molecule has 0 aliphatic heterocycles. The molecule has 0 fully saturated rings. The molecule has 2 aromatic rings. The summed E-state index contributed by atoms with van der Waals surface area (Å²) in [6, 6.07) is 4.82. The summed E-state index contributed by atoms with van der Waals surface area (Å²) < 4.78 is 76.3. The van der Waals surface area contributed by atoms with Gasteiger partial charge in [-0.15, -0.1) is 0 Å². The number of amides is 1. The van der Waals surface area contributed by atoms with Crippen molar-refractivity contribution in [1.29, 1.82) is 0 Å². The molecule has 0 saturated heterocycles. The van der Waals surface area contributed by atoms with Gasteiger partial charge in [-0.1, -0.05) is 0 Å². The summed E-state index contributed by atoms with van der Waals surface area (Å²) >= 11 is 0. The predicted octanol–water partition coefficient (Wildman–Crippen LogP) is 3.16. The van der Waals surface area contributed by atoms with Crippen LogP contribution in [-0.2, 0) is 16.6 Å². The van der Waals surface area contributed by atoms with Crippen molar-refractivity contribution in [3.8, 4) is 11.5 Å². The molecule has 0 unspecified atom stereocenters. The fourth-order valence-corrected chi connectivity index (χ4v) is 2.64. The number of sulfonamides is 1. The molecule has 0 bridgehead atoms. The van der Waals surface area contributed by atoms with E-state index >= 15 is 0 Å². The highest BCUT2D eigenvalue weighted by Crippen LogP contribution is 2.30. The first kappa shape index (κ1) is 21.5. The lowest BCUT2D eigenvalue weighted by Crippen LogP contribution is -2.30. The lowest BCUT2D eigenvalue weighted by Gasteiger charge is -2.15. The molecule has 0 radical (unpaired) electrons. The minimum absolute atomic E-state index is 0.00703. The normalized spacial score (nSPS) is 11.4. The van der Waals surface area contributed by atoms with E-state index in [4.69, 9.17) is 9.47 Å². The molecule has 6 nitrogen and oxygen atoms in total. The Hall–Kier alpha value is -2.75. The third-order valence-corrected chi connectivity index (χ3v) is 3.87. The van der Waals surface area contributed by atoms with Gasteiger partial charge in [0.05, 0.1) is 17.9 Å². The molecule has 1 amide bonds. The maximum Gasteiger partial charge on any atom is 0.267 e. The summed E-state index contributed by atoms with van der Waals surface area (Å²) in [5.41, 5.74) is -1.03. The van der Waals surface area contributed by atoms with Crippen LogP contribution in [0.25, 0.3) is 0 Å². The second-order valence-corrected chi connectivity index (χ2v) is 7.92. The standard InChI is InChI=1S/C18H18F3NO5S/c1-10(2)27-16-5-4-12(19)7-17(16)26-9-11-6-15(21)13(8-14(11)20)18(23)22-28(3,24)25/h4-8,10H,9H2,1-3H3,(H,22,23). The largest absolute Gasteiger partial charge is 0.487 e. The maximum atomic E-state index is 14.2. The van der Waals surface area contributed by atoms with Gasteiger partial charge in [-0.2, -0.15) is 0 Å².